The summed E-state index contributed by atoms with van der Waals surface area (Å²) in [5.74, 6) is 0.748. The Morgan fingerprint density at radius 2 is 1.85 bits per heavy atom. The highest BCUT2D eigenvalue weighted by Gasteiger charge is 2.33. The van der Waals surface area contributed by atoms with E-state index in [4.69, 9.17) is 0 Å². The van der Waals surface area contributed by atoms with E-state index in [2.05, 4.69) is 44.8 Å². The van der Waals surface area contributed by atoms with Crippen LogP contribution in [-0.2, 0) is 0 Å². The predicted octanol–water partition coefficient (Wildman–Crippen LogP) is 1.71. The van der Waals surface area contributed by atoms with Crippen LogP contribution in [-0.4, -0.2) is 36.1 Å². The smallest absolute Gasteiger partial charge is 0.0281 e. The minimum absolute atomic E-state index is 0.321. The maximum Gasteiger partial charge on any atom is 0.0281 e. The molecule has 13 heavy (non-hydrogen) atoms. The molecule has 0 amide bonds. The fourth-order valence-corrected chi connectivity index (χ4v) is 2.11. The summed E-state index contributed by atoms with van der Waals surface area (Å²) in [5, 5.41) is 3.46. The molecule has 1 aliphatic rings. The Balaban J connectivity index is 2.65. The molecule has 1 unspecified atom stereocenters. The lowest BCUT2D eigenvalue weighted by atomic mass is 9.94. The van der Waals surface area contributed by atoms with Crippen molar-refractivity contribution in [2.75, 3.05) is 19.6 Å². The van der Waals surface area contributed by atoms with Gasteiger partial charge in [0.1, 0.15) is 0 Å². The van der Waals surface area contributed by atoms with Gasteiger partial charge >= 0.3 is 0 Å². The average molecular weight is 184 g/mol. The third-order valence-electron chi connectivity index (χ3n) is 3.32. The standard InChI is InChI=1S/C11H24N2/c1-9(2)10(3)13-7-6-12-8-11(13,4)5/h9-10,12H,6-8H2,1-5H3. The summed E-state index contributed by atoms with van der Waals surface area (Å²) in [6, 6.07) is 0.692. The SMILES string of the molecule is CC(C)C(C)N1CCNCC1(C)C. The molecule has 2 nitrogen and oxygen atoms in total. The molecule has 0 aliphatic carbocycles. The molecule has 1 rings (SSSR count). The zero-order valence-corrected chi connectivity index (χ0v) is 9.72. The number of nitrogens with zero attached hydrogens (tertiary/aromatic N) is 1. The molecule has 1 saturated heterocycles. The fraction of sp³-hybridized carbons (Fsp3) is 1.00. The Kier molecular flexibility index (Phi) is 3.36. The molecule has 2 heteroatoms. The van der Waals surface area contributed by atoms with Gasteiger partial charge in [0.2, 0.25) is 0 Å². The van der Waals surface area contributed by atoms with Crippen LogP contribution in [0.3, 0.4) is 0 Å². The summed E-state index contributed by atoms with van der Waals surface area (Å²) in [4.78, 5) is 2.63. The second-order valence-electron chi connectivity index (χ2n) is 5.17. The van der Waals surface area contributed by atoms with E-state index in [0.717, 1.165) is 19.0 Å². The molecule has 1 fully saturated rings. The number of piperazine rings is 1. The molecular formula is C11H24N2. The molecule has 0 aromatic carbocycles. The molecule has 1 heterocycles. The Bertz CT molecular complexity index is 163. The summed E-state index contributed by atoms with van der Waals surface area (Å²) < 4.78 is 0. The van der Waals surface area contributed by atoms with Crippen LogP contribution in [0.5, 0.6) is 0 Å². The highest BCUT2D eigenvalue weighted by atomic mass is 15.3. The van der Waals surface area contributed by atoms with Gasteiger partial charge in [0.15, 0.2) is 0 Å². The van der Waals surface area contributed by atoms with Gasteiger partial charge in [-0.25, -0.2) is 0 Å². The van der Waals surface area contributed by atoms with E-state index < -0.39 is 0 Å². The van der Waals surface area contributed by atoms with Gasteiger partial charge in [-0.2, -0.15) is 0 Å². The largest absolute Gasteiger partial charge is 0.314 e. The van der Waals surface area contributed by atoms with E-state index in [-0.39, 0.29) is 0 Å². The van der Waals surface area contributed by atoms with Crippen molar-refractivity contribution in [2.45, 2.75) is 46.2 Å². The van der Waals surface area contributed by atoms with Crippen LogP contribution in [0.1, 0.15) is 34.6 Å². The lowest BCUT2D eigenvalue weighted by molar-refractivity contribution is 0.0332. The Hall–Kier alpha value is -0.0800. The Morgan fingerprint density at radius 3 is 2.31 bits per heavy atom. The number of hydrogen-bond donors (Lipinski definition) is 1. The van der Waals surface area contributed by atoms with Gasteiger partial charge in [-0.15, -0.1) is 0 Å². The molecule has 0 bridgehead atoms. The van der Waals surface area contributed by atoms with E-state index >= 15 is 0 Å². The molecule has 1 aliphatic heterocycles. The van der Waals surface area contributed by atoms with Crippen LogP contribution in [0.2, 0.25) is 0 Å². The van der Waals surface area contributed by atoms with Crippen molar-refractivity contribution in [1.29, 1.82) is 0 Å². The van der Waals surface area contributed by atoms with E-state index in [0.29, 0.717) is 11.6 Å². The second kappa shape index (κ2) is 3.97. The van der Waals surface area contributed by atoms with Gasteiger partial charge in [-0.3, -0.25) is 4.90 Å². The van der Waals surface area contributed by atoms with Crippen LogP contribution in [0.25, 0.3) is 0 Å². The minimum Gasteiger partial charge on any atom is -0.314 e. The molecule has 0 saturated carbocycles. The van der Waals surface area contributed by atoms with Crippen molar-refractivity contribution >= 4 is 0 Å². The molecule has 0 spiro atoms. The van der Waals surface area contributed by atoms with Gasteiger partial charge in [0, 0.05) is 31.2 Å². The highest BCUT2D eigenvalue weighted by molar-refractivity contribution is 4.91. The van der Waals surface area contributed by atoms with Crippen LogP contribution < -0.4 is 5.32 Å². The normalized spacial score (nSPS) is 26.3. The zero-order valence-electron chi connectivity index (χ0n) is 9.72. The van der Waals surface area contributed by atoms with Crippen molar-refractivity contribution in [2.24, 2.45) is 5.92 Å². The summed E-state index contributed by atoms with van der Waals surface area (Å²) in [6.45, 7) is 15.1. The van der Waals surface area contributed by atoms with Crippen molar-refractivity contribution in [3.63, 3.8) is 0 Å². The molecule has 0 aromatic heterocycles. The van der Waals surface area contributed by atoms with Gasteiger partial charge in [-0.05, 0) is 26.7 Å². The third kappa shape index (κ3) is 2.44. The monoisotopic (exact) mass is 184 g/mol. The molecule has 0 aromatic rings. The van der Waals surface area contributed by atoms with Gasteiger partial charge in [0.25, 0.3) is 0 Å². The summed E-state index contributed by atoms with van der Waals surface area (Å²) in [5.41, 5.74) is 0.321. The lowest BCUT2D eigenvalue weighted by Gasteiger charge is -2.47. The Morgan fingerprint density at radius 1 is 1.23 bits per heavy atom. The van der Waals surface area contributed by atoms with Crippen LogP contribution in [0.15, 0.2) is 0 Å². The molecule has 0 radical (unpaired) electrons. The first kappa shape index (κ1) is 11.0. The lowest BCUT2D eigenvalue weighted by Crippen LogP contribution is -2.61. The van der Waals surface area contributed by atoms with Crippen molar-refractivity contribution in [3.05, 3.63) is 0 Å². The topological polar surface area (TPSA) is 15.3 Å². The number of nitrogens with one attached hydrogen (secondary N) is 1. The molecule has 78 valence electrons. The summed E-state index contributed by atoms with van der Waals surface area (Å²) in [6.07, 6.45) is 0. The van der Waals surface area contributed by atoms with Crippen LogP contribution >= 0.6 is 0 Å². The van der Waals surface area contributed by atoms with Crippen LogP contribution in [0, 0.1) is 5.92 Å². The maximum absolute atomic E-state index is 3.46. The molecule has 1 N–H and O–H groups in total. The van der Waals surface area contributed by atoms with Gasteiger partial charge in [0.05, 0.1) is 0 Å². The zero-order chi connectivity index (χ0) is 10.1. The summed E-state index contributed by atoms with van der Waals surface area (Å²) >= 11 is 0. The van der Waals surface area contributed by atoms with Crippen molar-refractivity contribution < 1.29 is 0 Å². The third-order valence-corrected chi connectivity index (χ3v) is 3.32. The first-order valence-electron chi connectivity index (χ1n) is 5.42. The highest BCUT2D eigenvalue weighted by Crippen LogP contribution is 2.22. The molecular weight excluding hydrogens is 160 g/mol. The van der Waals surface area contributed by atoms with Crippen LogP contribution in [0.4, 0.5) is 0 Å². The summed E-state index contributed by atoms with van der Waals surface area (Å²) in [7, 11) is 0. The molecule has 1 atom stereocenters. The quantitative estimate of drug-likeness (QED) is 0.703. The van der Waals surface area contributed by atoms with Crippen molar-refractivity contribution in [1.82, 2.24) is 10.2 Å². The predicted molar refractivity (Wildman–Crippen MR) is 58.0 cm³/mol. The van der Waals surface area contributed by atoms with E-state index in [1.807, 2.05) is 0 Å². The maximum atomic E-state index is 3.46. The minimum atomic E-state index is 0.321. The van der Waals surface area contributed by atoms with E-state index in [9.17, 15) is 0 Å². The second-order valence-corrected chi connectivity index (χ2v) is 5.17. The average Bonchev–Trinajstić information content (AvgIpc) is 2.02. The number of hydrogen-bond acceptors (Lipinski definition) is 2. The fourth-order valence-electron chi connectivity index (χ4n) is 2.11. The van der Waals surface area contributed by atoms with Gasteiger partial charge < -0.3 is 5.32 Å². The Labute approximate surface area is 82.7 Å². The van der Waals surface area contributed by atoms with E-state index in [1.165, 1.54) is 6.54 Å². The van der Waals surface area contributed by atoms with Crippen molar-refractivity contribution in [3.8, 4) is 0 Å². The first-order chi connectivity index (χ1) is 5.95. The van der Waals surface area contributed by atoms with Gasteiger partial charge in [-0.1, -0.05) is 13.8 Å². The first-order valence-corrected chi connectivity index (χ1v) is 5.42. The number of rotatable bonds is 2. The van der Waals surface area contributed by atoms with E-state index in [1.54, 1.807) is 0 Å².